The van der Waals surface area contributed by atoms with Crippen LogP contribution >= 0.6 is 0 Å². The number of benzene rings is 1. The number of pyridine rings is 1. The van der Waals surface area contributed by atoms with Gasteiger partial charge < -0.3 is 10.2 Å². The predicted octanol–water partition coefficient (Wildman–Crippen LogP) is 2.69. The molecule has 0 atom stereocenters. The van der Waals surface area contributed by atoms with Crippen LogP contribution in [-0.4, -0.2) is 27.4 Å². The van der Waals surface area contributed by atoms with Gasteiger partial charge in [0.1, 0.15) is 6.07 Å². The van der Waals surface area contributed by atoms with Crippen LogP contribution < -0.4 is 10.2 Å². The summed E-state index contributed by atoms with van der Waals surface area (Å²) in [6.07, 6.45) is 7.00. The van der Waals surface area contributed by atoms with Crippen LogP contribution in [-0.2, 0) is 6.42 Å². The van der Waals surface area contributed by atoms with Gasteiger partial charge in [0.2, 0.25) is 0 Å². The largest absolute Gasteiger partial charge is 0.338 e. The molecule has 1 aliphatic rings. The molecule has 126 valence electrons. The van der Waals surface area contributed by atoms with Gasteiger partial charge in [-0.05, 0) is 42.3 Å². The molecule has 0 spiro atoms. The second-order valence-corrected chi connectivity index (χ2v) is 5.78. The fourth-order valence-corrected chi connectivity index (χ4v) is 2.98. The monoisotopic (exact) mass is 342 g/mol. The number of hydrogen-bond donors (Lipinski definition) is 1. The molecule has 3 aromatic rings. The van der Waals surface area contributed by atoms with Gasteiger partial charge in [0, 0.05) is 42.7 Å². The lowest BCUT2D eigenvalue weighted by Crippen LogP contribution is -2.28. The van der Waals surface area contributed by atoms with Crippen LogP contribution in [0.5, 0.6) is 0 Å². The summed E-state index contributed by atoms with van der Waals surface area (Å²) < 4.78 is 0. The van der Waals surface area contributed by atoms with Crippen LogP contribution in [0, 0.1) is 11.3 Å². The topological polar surface area (TPSA) is 94.8 Å². The summed E-state index contributed by atoms with van der Waals surface area (Å²) in [7, 11) is 0. The number of hydrogen-bond acceptors (Lipinski definition) is 6. The molecule has 1 amide bonds. The highest BCUT2D eigenvalue weighted by Gasteiger charge is 2.25. The zero-order valence-electron chi connectivity index (χ0n) is 13.8. The Morgan fingerprint density at radius 1 is 1.19 bits per heavy atom. The average molecular weight is 342 g/mol. The molecule has 0 unspecified atom stereocenters. The molecular formula is C19H14N6O. The highest BCUT2D eigenvalue weighted by molar-refractivity contribution is 6.07. The number of nitriles is 1. The van der Waals surface area contributed by atoms with E-state index in [1.165, 1.54) is 12.4 Å². The molecule has 4 rings (SSSR count). The summed E-state index contributed by atoms with van der Waals surface area (Å²) in [5.41, 5.74) is 3.57. The van der Waals surface area contributed by atoms with Crippen LogP contribution in [0.2, 0.25) is 0 Å². The Hall–Kier alpha value is -3.79. The molecule has 0 aliphatic carbocycles. The highest BCUT2D eigenvalue weighted by atomic mass is 16.2. The third-order valence-corrected chi connectivity index (χ3v) is 4.20. The maximum atomic E-state index is 12.7. The number of aromatic nitrogens is 3. The van der Waals surface area contributed by atoms with Crippen molar-refractivity contribution < 1.29 is 4.79 Å². The molecule has 0 fully saturated rings. The fraction of sp³-hybridized carbons (Fsp3) is 0.105. The quantitative estimate of drug-likeness (QED) is 0.786. The van der Waals surface area contributed by atoms with E-state index in [4.69, 9.17) is 5.26 Å². The van der Waals surface area contributed by atoms with Gasteiger partial charge in [0.05, 0.1) is 5.56 Å². The van der Waals surface area contributed by atoms with E-state index in [0.717, 1.165) is 23.4 Å². The van der Waals surface area contributed by atoms with Crippen LogP contribution in [0.25, 0.3) is 0 Å². The molecule has 1 aromatic carbocycles. The first kappa shape index (κ1) is 15.7. The Labute approximate surface area is 150 Å². The van der Waals surface area contributed by atoms with Crippen molar-refractivity contribution in [2.24, 2.45) is 0 Å². The van der Waals surface area contributed by atoms with Gasteiger partial charge in [0.25, 0.3) is 5.91 Å². The normalized spacial score (nSPS) is 12.3. The number of nitrogens with one attached hydrogen (secondary N) is 1. The van der Waals surface area contributed by atoms with E-state index < -0.39 is 0 Å². The third-order valence-electron chi connectivity index (χ3n) is 4.20. The molecule has 3 heterocycles. The Bertz CT molecular complexity index is 1010. The van der Waals surface area contributed by atoms with E-state index in [2.05, 4.69) is 20.3 Å². The zero-order chi connectivity index (χ0) is 17.9. The van der Waals surface area contributed by atoms with Gasteiger partial charge in [-0.1, -0.05) is 0 Å². The SMILES string of the molecule is N#Cc1nccnc1Nc1ccc2c(c1)CCN2C(=O)c1cccnc1. The standard InChI is InChI=1S/C19H14N6O/c20-11-16-18(23-8-7-22-16)24-15-3-4-17-13(10-15)5-9-25(17)19(26)14-2-1-6-21-12-14/h1-4,6-8,10,12H,5,9H2,(H,23,24). The third kappa shape index (κ3) is 2.84. The maximum Gasteiger partial charge on any atom is 0.259 e. The Morgan fingerprint density at radius 3 is 2.88 bits per heavy atom. The van der Waals surface area contributed by atoms with Gasteiger partial charge >= 0.3 is 0 Å². The second kappa shape index (κ2) is 6.61. The summed E-state index contributed by atoms with van der Waals surface area (Å²) in [4.78, 5) is 26.6. The van der Waals surface area contributed by atoms with E-state index in [1.54, 1.807) is 29.4 Å². The number of anilines is 3. The zero-order valence-corrected chi connectivity index (χ0v) is 13.8. The molecule has 7 heteroatoms. The lowest BCUT2D eigenvalue weighted by atomic mass is 10.1. The molecule has 0 radical (unpaired) electrons. The molecular weight excluding hydrogens is 328 g/mol. The second-order valence-electron chi connectivity index (χ2n) is 5.78. The number of carbonyl (C=O) groups is 1. The number of nitrogens with zero attached hydrogens (tertiary/aromatic N) is 5. The van der Waals surface area contributed by atoms with Crippen molar-refractivity contribution in [2.45, 2.75) is 6.42 Å². The molecule has 2 aromatic heterocycles. The minimum atomic E-state index is -0.0572. The van der Waals surface area contributed by atoms with Crippen molar-refractivity contribution in [2.75, 3.05) is 16.8 Å². The minimum absolute atomic E-state index is 0.0572. The van der Waals surface area contributed by atoms with Crippen LogP contribution in [0.1, 0.15) is 21.6 Å². The highest BCUT2D eigenvalue weighted by Crippen LogP contribution is 2.32. The minimum Gasteiger partial charge on any atom is -0.338 e. The van der Waals surface area contributed by atoms with Gasteiger partial charge in [-0.2, -0.15) is 5.26 Å². The van der Waals surface area contributed by atoms with Crippen LogP contribution in [0.15, 0.2) is 55.1 Å². The summed E-state index contributed by atoms with van der Waals surface area (Å²) >= 11 is 0. The molecule has 0 saturated carbocycles. The summed E-state index contributed by atoms with van der Waals surface area (Å²) in [5.74, 6) is 0.356. The number of carbonyl (C=O) groups excluding carboxylic acids is 1. The molecule has 7 nitrogen and oxygen atoms in total. The van der Waals surface area contributed by atoms with Crippen molar-refractivity contribution in [3.05, 3.63) is 71.9 Å². The molecule has 1 aliphatic heterocycles. The van der Waals surface area contributed by atoms with E-state index in [0.29, 0.717) is 17.9 Å². The number of fused-ring (bicyclic) bond motifs is 1. The Kier molecular flexibility index (Phi) is 4.00. The van der Waals surface area contributed by atoms with Crippen molar-refractivity contribution >= 4 is 23.1 Å². The van der Waals surface area contributed by atoms with Crippen molar-refractivity contribution in [3.63, 3.8) is 0 Å². The summed E-state index contributed by atoms with van der Waals surface area (Å²) in [5, 5.41) is 12.2. The first-order valence-corrected chi connectivity index (χ1v) is 8.09. The van der Waals surface area contributed by atoms with Gasteiger partial charge in [-0.15, -0.1) is 0 Å². The number of rotatable bonds is 3. The van der Waals surface area contributed by atoms with Gasteiger partial charge in [-0.25, -0.2) is 9.97 Å². The van der Waals surface area contributed by atoms with Crippen molar-refractivity contribution in [1.29, 1.82) is 5.26 Å². The molecule has 1 N–H and O–H groups in total. The average Bonchev–Trinajstić information content (AvgIpc) is 3.12. The van der Waals surface area contributed by atoms with E-state index in [-0.39, 0.29) is 11.6 Å². The predicted molar refractivity (Wildman–Crippen MR) is 96.1 cm³/mol. The molecule has 26 heavy (non-hydrogen) atoms. The van der Waals surface area contributed by atoms with Crippen LogP contribution in [0.4, 0.5) is 17.2 Å². The van der Waals surface area contributed by atoms with Crippen molar-refractivity contribution in [3.8, 4) is 6.07 Å². The van der Waals surface area contributed by atoms with Crippen LogP contribution in [0.3, 0.4) is 0 Å². The van der Waals surface area contributed by atoms with Gasteiger partial charge in [-0.3, -0.25) is 9.78 Å². The first-order valence-electron chi connectivity index (χ1n) is 8.09. The Morgan fingerprint density at radius 2 is 2.08 bits per heavy atom. The van der Waals surface area contributed by atoms with E-state index in [1.807, 2.05) is 24.3 Å². The van der Waals surface area contributed by atoms with E-state index >= 15 is 0 Å². The number of amides is 1. The lowest BCUT2D eigenvalue weighted by Gasteiger charge is -2.17. The van der Waals surface area contributed by atoms with Gasteiger partial charge in [0.15, 0.2) is 11.5 Å². The lowest BCUT2D eigenvalue weighted by molar-refractivity contribution is 0.0989. The Balaban J connectivity index is 1.59. The molecule has 0 saturated heterocycles. The maximum absolute atomic E-state index is 12.7. The first-order chi connectivity index (χ1) is 12.8. The molecule has 0 bridgehead atoms. The van der Waals surface area contributed by atoms with Crippen molar-refractivity contribution in [1.82, 2.24) is 15.0 Å². The fourth-order valence-electron chi connectivity index (χ4n) is 2.98. The summed E-state index contributed by atoms with van der Waals surface area (Å²) in [6, 6.07) is 11.3. The smallest absolute Gasteiger partial charge is 0.259 e. The van der Waals surface area contributed by atoms with E-state index in [9.17, 15) is 4.79 Å². The summed E-state index contributed by atoms with van der Waals surface area (Å²) in [6.45, 7) is 0.626.